The minimum absolute atomic E-state index is 0.00616. The quantitative estimate of drug-likeness (QED) is 0.654. The summed E-state index contributed by atoms with van der Waals surface area (Å²) in [6.07, 6.45) is 5.29. The second-order valence-electron chi connectivity index (χ2n) is 4.83. The number of hydrogen-bond acceptors (Lipinski definition) is 4. The van der Waals surface area contributed by atoms with Gasteiger partial charge in [0.2, 0.25) is 0 Å². The Kier molecular flexibility index (Phi) is 4.75. The summed E-state index contributed by atoms with van der Waals surface area (Å²) < 4.78 is 1.69. The average Bonchev–Trinajstić information content (AvgIpc) is 2.70. The van der Waals surface area contributed by atoms with Gasteiger partial charge in [0.1, 0.15) is 5.15 Å². The predicted octanol–water partition coefficient (Wildman–Crippen LogP) is 2.09. The van der Waals surface area contributed by atoms with Gasteiger partial charge < -0.3 is 0 Å². The van der Waals surface area contributed by atoms with Gasteiger partial charge in [0.25, 0.3) is 0 Å². The van der Waals surface area contributed by atoms with E-state index in [1.807, 2.05) is 26.2 Å². The number of hydrogen-bond donors (Lipinski definition) is 2. The molecule has 2 heterocycles. The second-order valence-corrected chi connectivity index (χ2v) is 5.19. The zero-order chi connectivity index (χ0) is 14.7. The van der Waals surface area contributed by atoms with E-state index in [1.54, 1.807) is 10.9 Å². The van der Waals surface area contributed by atoms with Crippen LogP contribution in [0.3, 0.4) is 0 Å². The molecule has 6 heteroatoms. The molecule has 0 radical (unpaired) electrons. The van der Waals surface area contributed by atoms with Crippen molar-refractivity contribution in [3.05, 3.63) is 46.0 Å². The van der Waals surface area contributed by atoms with Crippen LogP contribution in [0.1, 0.15) is 35.3 Å². The third-order valence-corrected chi connectivity index (χ3v) is 4.05. The summed E-state index contributed by atoms with van der Waals surface area (Å²) in [5, 5.41) is 5.00. The van der Waals surface area contributed by atoms with E-state index in [4.69, 9.17) is 17.4 Å². The molecule has 3 N–H and O–H groups in total. The maximum atomic E-state index is 6.30. The van der Waals surface area contributed by atoms with Crippen molar-refractivity contribution in [2.24, 2.45) is 12.9 Å². The fourth-order valence-corrected chi connectivity index (χ4v) is 2.69. The number of rotatable bonds is 5. The maximum Gasteiger partial charge on any atom is 0.130 e. The first-order valence-electron chi connectivity index (χ1n) is 6.65. The standard InChI is InChI=1S/C14H20ClN5/c1-4-10-8-17-6-5-11(10)13(18-16)7-12-9(2)19-20(3)14(12)15/h5-6,8,13,18H,4,7,16H2,1-3H3. The Morgan fingerprint density at radius 3 is 2.80 bits per heavy atom. The van der Waals surface area contributed by atoms with E-state index < -0.39 is 0 Å². The summed E-state index contributed by atoms with van der Waals surface area (Å²) in [7, 11) is 1.84. The summed E-state index contributed by atoms with van der Waals surface area (Å²) in [6.45, 7) is 4.07. The molecule has 2 aromatic heterocycles. The van der Waals surface area contributed by atoms with Crippen molar-refractivity contribution in [3.63, 3.8) is 0 Å². The summed E-state index contributed by atoms with van der Waals surface area (Å²) in [5.41, 5.74) is 7.19. The first kappa shape index (κ1) is 15.0. The van der Waals surface area contributed by atoms with Crippen LogP contribution in [0.15, 0.2) is 18.5 Å². The number of hydrazine groups is 1. The van der Waals surface area contributed by atoms with Crippen molar-refractivity contribution >= 4 is 11.6 Å². The average molecular weight is 294 g/mol. The van der Waals surface area contributed by atoms with E-state index in [1.165, 1.54) is 5.56 Å². The van der Waals surface area contributed by atoms with Crippen LogP contribution in [0, 0.1) is 6.92 Å². The molecule has 0 aliphatic heterocycles. The minimum Gasteiger partial charge on any atom is -0.271 e. The monoisotopic (exact) mass is 293 g/mol. The van der Waals surface area contributed by atoms with E-state index in [9.17, 15) is 0 Å². The third-order valence-electron chi connectivity index (χ3n) is 3.58. The van der Waals surface area contributed by atoms with Gasteiger partial charge in [-0.1, -0.05) is 18.5 Å². The van der Waals surface area contributed by atoms with Crippen molar-refractivity contribution in [1.82, 2.24) is 20.2 Å². The van der Waals surface area contributed by atoms with Crippen molar-refractivity contribution in [1.29, 1.82) is 0 Å². The minimum atomic E-state index is -0.00616. The Bertz CT molecular complexity index is 593. The van der Waals surface area contributed by atoms with Crippen LogP contribution >= 0.6 is 11.6 Å². The van der Waals surface area contributed by atoms with Gasteiger partial charge in [-0.3, -0.25) is 20.9 Å². The molecule has 0 saturated heterocycles. The molecule has 0 fully saturated rings. The largest absolute Gasteiger partial charge is 0.271 e. The molecule has 2 rings (SSSR count). The number of nitrogens with two attached hydrogens (primary N) is 1. The zero-order valence-corrected chi connectivity index (χ0v) is 12.8. The Morgan fingerprint density at radius 2 is 2.25 bits per heavy atom. The Morgan fingerprint density at radius 1 is 1.50 bits per heavy atom. The lowest BCUT2D eigenvalue weighted by atomic mass is 9.96. The lowest BCUT2D eigenvalue weighted by Gasteiger charge is -2.19. The second kappa shape index (κ2) is 6.35. The Balaban J connectivity index is 2.34. The van der Waals surface area contributed by atoms with Crippen LogP contribution in [0.5, 0.6) is 0 Å². The molecule has 0 aromatic carbocycles. The summed E-state index contributed by atoms with van der Waals surface area (Å²) in [6, 6.07) is 2.00. The lowest BCUT2D eigenvalue weighted by Crippen LogP contribution is -2.30. The number of aryl methyl sites for hydroxylation is 3. The van der Waals surface area contributed by atoms with Gasteiger partial charge in [-0.05, 0) is 37.0 Å². The van der Waals surface area contributed by atoms with Crippen LogP contribution in [0.2, 0.25) is 5.15 Å². The molecule has 20 heavy (non-hydrogen) atoms. The van der Waals surface area contributed by atoms with E-state index in [0.29, 0.717) is 11.6 Å². The number of halogens is 1. The number of nitrogens with zero attached hydrogens (tertiary/aromatic N) is 3. The van der Waals surface area contributed by atoms with Crippen molar-refractivity contribution in [3.8, 4) is 0 Å². The van der Waals surface area contributed by atoms with Crippen LogP contribution in [0.25, 0.3) is 0 Å². The van der Waals surface area contributed by atoms with E-state index in [2.05, 4.69) is 22.4 Å². The Hall–Kier alpha value is -1.43. The summed E-state index contributed by atoms with van der Waals surface area (Å²) in [5.74, 6) is 5.74. The fraction of sp³-hybridized carbons (Fsp3) is 0.429. The van der Waals surface area contributed by atoms with Crippen molar-refractivity contribution < 1.29 is 0 Å². The highest BCUT2D eigenvalue weighted by Gasteiger charge is 2.19. The smallest absolute Gasteiger partial charge is 0.130 e. The number of aromatic nitrogens is 3. The number of nitrogens with one attached hydrogen (secondary N) is 1. The van der Waals surface area contributed by atoms with E-state index >= 15 is 0 Å². The molecule has 0 aliphatic carbocycles. The van der Waals surface area contributed by atoms with Gasteiger partial charge in [0.05, 0.1) is 11.7 Å². The summed E-state index contributed by atoms with van der Waals surface area (Å²) >= 11 is 6.30. The molecule has 5 nitrogen and oxygen atoms in total. The normalized spacial score (nSPS) is 12.7. The Labute approximate surface area is 124 Å². The molecule has 0 bridgehead atoms. The van der Waals surface area contributed by atoms with Gasteiger partial charge in [-0.15, -0.1) is 0 Å². The molecule has 1 atom stereocenters. The van der Waals surface area contributed by atoms with Crippen molar-refractivity contribution in [2.45, 2.75) is 32.7 Å². The van der Waals surface area contributed by atoms with Gasteiger partial charge in [-0.2, -0.15) is 5.10 Å². The fourth-order valence-electron chi connectivity index (χ4n) is 2.44. The van der Waals surface area contributed by atoms with Crippen LogP contribution in [-0.2, 0) is 19.9 Å². The highest BCUT2D eigenvalue weighted by Crippen LogP contribution is 2.26. The zero-order valence-electron chi connectivity index (χ0n) is 12.0. The maximum absolute atomic E-state index is 6.30. The molecule has 0 amide bonds. The number of pyridine rings is 1. The molecular formula is C14H20ClN5. The highest BCUT2D eigenvalue weighted by molar-refractivity contribution is 6.30. The van der Waals surface area contributed by atoms with Gasteiger partial charge in [0, 0.05) is 25.0 Å². The van der Waals surface area contributed by atoms with Crippen molar-refractivity contribution in [2.75, 3.05) is 0 Å². The first-order chi connectivity index (χ1) is 9.58. The molecule has 0 spiro atoms. The van der Waals surface area contributed by atoms with Crippen LogP contribution in [-0.4, -0.2) is 14.8 Å². The molecule has 0 saturated carbocycles. The van der Waals surface area contributed by atoms with Gasteiger partial charge in [0.15, 0.2) is 0 Å². The molecule has 108 valence electrons. The molecule has 1 unspecified atom stereocenters. The van der Waals surface area contributed by atoms with Crippen LogP contribution in [0.4, 0.5) is 0 Å². The SMILES string of the molecule is CCc1cnccc1C(Cc1c(C)nn(C)c1Cl)NN. The van der Waals surface area contributed by atoms with E-state index in [-0.39, 0.29) is 6.04 Å². The predicted molar refractivity (Wildman–Crippen MR) is 80.3 cm³/mol. The molecular weight excluding hydrogens is 274 g/mol. The highest BCUT2D eigenvalue weighted by atomic mass is 35.5. The molecule has 0 aliphatic rings. The van der Waals surface area contributed by atoms with Gasteiger partial charge >= 0.3 is 0 Å². The van der Waals surface area contributed by atoms with Gasteiger partial charge in [-0.25, -0.2) is 0 Å². The summed E-state index contributed by atoms with van der Waals surface area (Å²) in [4.78, 5) is 4.17. The lowest BCUT2D eigenvalue weighted by molar-refractivity contribution is 0.546. The topological polar surface area (TPSA) is 68.8 Å². The first-order valence-corrected chi connectivity index (χ1v) is 7.03. The third kappa shape index (κ3) is 2.85. The van der Waals surface area contributed by atoms with Crippen LogP contribution < -0.4 is 11.3 Å². The molecule has 2 aromatic rings. The van der Waals surface area contributed by atoms with E-state index in [0.717, 1.165) is 23.2 Å².